The Kier molecular flexibility index (Phi) is 4.52. The summed E-state index contributed by atoms with van der Waals surface area (Å²) >= 11 is 0. The minimum absolute atomic E-state index is 0.176. The van der Waals surface area contributed by atoms with E-state index < -0.39 is 5.97 Å². The third-order valence-corrected chi connectivity index (χ3v) is 3.41. The summed E-state index contributed by atoms with van der Waals surface area (Å²) in [5, 5.41) is 11.3. The molecule has 0 saturated heterocycles. The first kappa shape index (κ1) is 12.7. The predicted octanol–water partition coefficient (Wildman–Crippen LogP) is 1.57. The molecule has 3 atom stereocenters. The van der Waals surface area contributed by atoms with E-state index in [0.717, 1.165) is 25.0 Å². The summed E-state index contributed by atoms with van der Waals surface area (Å²) in [5.74, 6) is -0.341. The summed E-state index contributed by atoms with van der Waals surface area (Å²) in [6.45, 7) is 4.33. The van der Waals surface area contributed by atoms with Crippen molar-refractivity contribution in [1.29, 1.82) is 0 Å². The number of rotatable bonds is 3. The number of nitrogens with one attached hydrogen (secondary N) is 1. The molecule has 0 aromatic rings. The molecule has 3 unspecified atom stereocenters. The van der Waals surface area contributed by atoms with Crippen molar-refractivity contribution in [2.24, 2.45) is 11.8 Å². The lowest BCUT2D eigenvalue weighted by Crippen LogP contribution is -2.43. The number of carbonyl (C=O) groups excluding carboxylic acids is 1. The molecule has 0 spiro atoms. The van der Waals surface area contributed by atoms with Gasteiger partial charge in [-0.25, -0.2) is 4.79 Å². The van der Waals surface area contributed by atoms with Crippen LogP contribution in [0.2, 0.25) is 0 Å². The Balaban J connectivity index is 2.47. The summed E-state index contributed by atoms with van der Waals surface area (Å²) in [5.41, 5.74) is 0. The fourth-order valence-electron chi connectivity index (χ4n) is 2.16. The van der Waals surface area contributed by atoms with Gasteiger partial charge in [-0.15, -0.1) is 0 Å². The van der Waals surface area contributed by atoms with E-state index >= 15 is 0 Å². The highest BCUT2D eigenvalue weighted by Crippen LogP contribution is 2.29. The first-order valence-electron chi connectivity index (χ1n) is 5.72. The molecular formula is C12H19NO3. The highest BCUT2D eigenvalue weighted by molar-refractivity contribution is 5.94. The number of amides is 1. The Bertz CT molecular complexity index is 299. The van der Waals surface area contributed by atoms with Gasteiger partial charge in [0.2, 0.25) is 5.91 Å². The van der Waals surface area contributed by atoms with Crippen LogP contribution in [0.5, 0.6) is 0 Å². The maximum absolute atomic E-state index is 11.4. The number of hydrogen-bond donors (Lipinski definition) is 2. The van der Waals surface area contributed by atoms with E-state index in [1.165, 1.54) is 6.42 Å². The number of aliphatic carboxylic acids is 1. The second kappa shape index (κ2) is 5.68. The maximum Gasteiger partial charge on any atom is 0.328 e. The largest absolute Gasteiger partial charge is 0.478 e. The van der Waals surface area contributed by atoms with Crippen molar-refractivity contribution in [1.82, 2.24) is 5.32 Å². The van der Waals surface area contributed by atoms with Crippen LogP contribution < -0.4 is 5.32 Å². The van der Waals surface area contributed by atoms with Gasteiger partial charge in [0.1, 0.15) is 0 Å². The average Bonchev–Trinajstić information content (AvgIpc) is 2.22. The molecule has 0 heterocycles. The number of carboxylic acid groups (broad SMARTS) is 1. The van der Waals surface area contributed by atoms with Crippen molar-refractivity contribution in [2.45, 2.75) is 39.2 Å². The lowest BCUT2D eigenvalue weighted by Gasteiger charge is -2.34. The first-order chi connectivity index (χ1) is 7.50. The van der Waals surface area contributed by atoms with Crippen molar-refractivity contribution in [3.8, 4) is 0 Å². The van der Waals surface area contributed by atoms with Crippen LogP contribution >= 0.6 is 0 Å². The lowest BCUT2D eigenvalue weighted by atomic mass is 9.78. The van der Waals surface area contributed by atoms with Crippen molar-refractivity contribution in [3.63, 3.8) is 0 Å². The molecule has 4 heteroatoms. The second-order valence-electron chi connectivity index (χ2n) is 4.55. The molecule has 1 aliphatic carbocycles. The second-order valence-corrected chi connectivity index (χ2v) is 4.55. The van der Waals surface area contributed by atoms with Gasteiger partial charge >= 0.3 is 5.97 Å². The molecule has 0 radical (unpaired) electrons. The molecular weight excluding hydrogens is 206 g/mol. The van der Waals surface area contributed by atoms with Gasteiger partial charge in [-0.3, -0.25) is 4.79 Å². The van der Waals surface area contributed by atoms with Crippen LogP contribution in [0.3, 0.4) is 0 Å². The van der Waals surface area contributed by atoms with Crippen molar-refractivity contribution in [2.75, 3.05) is 0 Å². The van der Waals surface area contributed by atoms with Crippen molar-refractivity contribution >= 4 is 11.9 Å². The van der Waals surface area contributed by atoms with Crippen molar-refractivity contribution < 1.29 is 14.7 Å². The lowest BCUT2D eigenvalue weighted by molar-refractivity contribution is -0.131. The van der Waals surface area contributed by atoms with Gasteiger partial charge < -0.3 is 10.4 Å². The van der Waals surface area contributed by atoms with Gasteiger partial charge in [0.25, 0.3) is 0 Å². The monoisotopic (exact) mass is 225 g/mol. The van der Waals surface area contributed by atoms with E-state index in [1.54, 1.807) is 0 Å². The fraction of sp³-hybridized carbons (Fsp3) is 0.667. The van der Waals surface area contributed by atoms with E-state index in [4.69, 9.17) is 5.11 Å². The van der Waals surface area contributed by atoms with Crippen molar-refractivity contribution in [3.05, 3.63) is 12.2 Å². The van der Waals surface area contributed by atoms with E-state index in [2.05, 4.69) is 19.2 Å². The highest BCUT2D eigenvalue weighted by atomic mass is 16.4. The molecule has 1 saturated carbocycles. The number of carboxylic acids is 1. The summed E-state index contributed by atoms with van der Waals surface area (Å²) in [6, 6.07) is 0.176. The minimum Gasteiger partial charge on any atom is -0.478 e. The molecule has 0 aromatic heterocycles. The molecule has 2 N–H and O–H groups in total. The standard InChI is InChI=1S/C12H19NO3/c1-8-4-3-5-10(9(8)2)13-11(14)6-7-12(15)16/h6-10H,3-5H2,1-2H3,(H,13,14)(H,15,16)/b7-6+. The van der Waals surface area contributed by atoms with Gasteiger partial charge in [-0.2, -0.15) is 0 Å². The Morgan fingerprint density at radius 2 is 1.94 bits per heavy atom. The van der Waals surface area contributed by atoms with Gasteiger partial charge in [0, 0.05) is 18.2 Å². The Morgan fingerprint density at radius 3 is 2.56 bits per heavy atom. The molecule has 90 valence electrons. The third-order valence-electron chi connectivity index (χ3n) is 3.41. The van der Waals surface area contributed by atoms with E-state index in [-0.39, 0.29) is 11.9 Å². The van der Waals surface area contributed by atoms with E-state index in [9.17, 15) is 9.59 Å². The van der Waals surface area contributed by atoms with Crippen LogP contribution in [-0.4, -0.2) is 23.0 Å². The third kappa shape index (κ3) is 3.68. The Hall–Kier alpha value is -1.32. The fourth-order valence-corrected chi connectivity index (χ4v) is 2.16. The van der Waals surface area contributed by atoms with Gasteiger partial charge in [0.15, 0.2) is 0 Å². The smallest absolute Gasteiger partial charge is 0.328 e. The SMILES string of the molecule is CC1CCCC(NC(=O)/C=C/C(=O)O)C1C. The average molecular weight is 225 g/mol. The number of hydrogen-bond acceptors (Lipinski definition) is 2. The minimum atomic E-state index is -1.10. The zero-order valence-electron chi connectivity index (χ0n) is 9.77. The van der Waals surface area contributed by atoms with Crippen LogP contribution in [0, 0.1) is 11.8 Å². The van der Waals surface area contributed by atoms with Gasteiger partial charge in [0.05, 0.1) is 0 Å². The molecule has 0 bridgehead atoms. The van der Waals surface area contributed by atoms with Crippen LogP contribution in [-0.2, 0) is 9.59 Å². The highest BCUT2D eigenvalue weighted by Gasteiger charge is 2.27. The summed E-state index contributed by atoms with van der Waals surface area (Å²) in [7, 11) is 0. The molecule has 16 heavy (non-hydrogen) atoms. The molecule has 0 aliphatic heterocycles. The quantitative estimate of drug-likeness (QED) is 0.716. The predicted molar refractivity (Wildman–Crippen MR) is 60.9 cm³/mol. The van der Waals surface area contributed by atoms with E-state index in [0.29, 0.717) is 11.8 Å². The molecule has 1 rings (SSSR count). The Labute approximate surface area is 95.7 Å². The normalized spacial score (nSPS) is 30.2. The first-order valence-corrected chi connectivity index (χ1v) is 5.72. The van der Waals surface area contributed by atoms with Gasteiger partial charge in [-0.05, 0) is 18.3 Å². The molecule has 1 fully saturated rings. The number of carbonyl (C=O) groups is 2. The molecule has 1 amide bonds. The molecule has 4 nitrogen and oxygen atoms in total. The molecule has 1 aliphatic rings. The van der Waals surface area contributed by atoms with Crippen LogP contribution in [0.15, 0.2) is 12.2 Å². The summed E-state index contributed by atoms with van der Waals surface area (Å²) in [4.78, 5) is 21.7. The molecule has 0 aromatic carbocycles. The summed E-state index contributed by atoms with van der Waals surface area (Å²) in [6.07, 6.45) is 5.26. The Morgan fingerprint density at radius 1 is 1.25 bits per heavy atom. The van der Waals surface area contributed by atoms with E-state index in [1.807, 2.05) is 0 Å². The van der Waals surface area contributed by atoms with Crippen LogP contribution in [0.25, 0.3) is 0 Å². The maximum atomic E-state index is 11.4. The summed E-state index contributed by atoms with van der Waals surface area (Å²) < 4.78 is 0. The topological polar surface area (TPSA) is 66.4 Å². The zero-order valence-corrected chi connectivity index (χ0v) is 9.77. The van der Waals surface area contributed by atoms with Gasteiger partial charge in [-0.1, -0.05) is 26.7 Å². The van der Waals surface area contributed by atoms with Crippen LogP contribution in [0.1, 0.15) is 33.1 Å². The van der Waals surface area contributed by atoms with Crippen LogP contribution in [0.4, 0.5) is 0 Å². The zero-order chi connectivity index (χ0) is 12.1.